The van der Waals surface area contributed by atoms with E-state index in [0.717, 1.165) is 0 Å². The molecular weight excluding hydrogens is 302 g/mol. The first kappa shape index (κ1) is 18.4. The minimum atomic E-state index is -1.17. The van der Waals surface area contributed by atoms with Gasteiger partial charge in [-0.25, -0.2) is 0 Å². The van der Waals surface area contributed by atoms with Gasteiger partial charge in [0.2, 0.25) is 11.5 Å². The van der Waals surface area contributed by atoms with Crippen LogP contribution in [-0.2, 0) is 9.59 Å². The number of rotatable bonds is 5. The quantitative estimate of drug-likeness (QED) is 0.611. The van der Waals surface area contributed by atoms with Crippen LogP contribution in [0.15, 0.2) is 23.1 Å². The molecule has 1 heterocycles. The summed E-state index contributed by atoms with van der Waals surface area (Å²) in [5.74, 6) is -2.30. The maximum absolute atomic E-state index is 12.3. The topological polar surface area (TPSA) is 128 Å². The summed E-state index contributed by atoms with van der Waals surface area (Å²) < 4.78 is 0. The number of aromatic amines is 1. The Balaban J connectivity index is 2.93. The Labute approximate surface area is 133 Å². The largest absolute Gasteiger partial charge is 0.480 e. The first-order chi connectivity index (χ1) is 10.5. The third-order valence-corrected chi connectivity index (χ3v) is 3.18. The van der Waals surface area contributed by atoms with Crippen molar-refractivity contribution < 1.29 is 19.5 Å². The summed E-state index contributed by atoms with van der Waals surface area (Å²) in [6.07, 6.45) is 1.25. The van der Waals surface area contributed by atoms with Crippen LogP contribution in [0.2, 0.25) is 0 Å². The van der Waals surface area contributed by atoms with Gasteiger partial charge in [-0.2, -0.15) is 0 Å². The van der Waals surface area contributed by atoms with Crippen molar-refractivity contribution in [1.29, 1.82) is 0 Å². The predicted molar refractivity (Wildman–Crippen MR) is 83.0 cm³/mol. The Morgan fingerprint density at radius 3 is 2.22 bits per heavy atom. The van der Waals surface area contributed by atoms with E-state index in [1.54, 1.807) is 20.8 Å². The number of aliphatic carboxylic acids is 1. The Kier molecular flexibility index (Phi) is 5.67. The van der Waals surface area contributed by atoms with Gasteiger partial charge in [0.15, 0.2) is 0 Å². The molecule has 0 bridgehead atoms. The van der Waals surface area contributed by atoms with Crippen LogP contribution in [0.3, 0.4) is 0 Å². The van der Waals surface area contributed by atoms with Crippen LogP contribution in [0.25, 0.3) is 0 Å². The summed E-state index contributed by atoms with van der Waals surface area (Å²) in [6, 6.07) is 0.528. The third-order valence-electron chi connectivity index (χ3n) is 3.18. The van der Waals surface area contributed by atoms with Crippen molar-refractivity contribution in [2.24, 2.45) is 5.41 Å². The second kappa shape index (κ2) is 7.08. The number of amides is 2. The van der Waals surface area contributed by atoms with Crippen molar-refractivity contribution in [1.82, 2.24) is 15.6 Å². The van der Waals surface area contributed by atoms with Gasteiger partial charge < -0.3 is 20.7 Å². The molecule has 0 aliphatic heterocycles. The van der Waals surface area contributed by atoms with E-state index in [-0.39, 0.29) is 11.1 Å². The summed E-state index contributed by atoms with van der Waals surface area (Å²) in [7, 11) is 0. The minimum Gasteiger partial charge on any atom is -0.480 e. The van der Waals surface area contributed by atoms with Crippen LogP contribution >= 0.6 is 0 Å². The average molecular weight is 323 g/mol. The van der Waals surface area contributed by atoms with Crippen molar-refractivity contribution in [3.63, 3.8) is 0 Å². The number of H-pyrrole nitrogens is 1. The van der Waals surface area contributed by atoms with Crippen LogP contribution in [0.4, 0.5) is 0 Å². The van der Waals surface area contributed by atoms with Crippen LogP contribution in [0.1, 0.15) is 38.1 Å². The molecular formula is C15H21N3O5. The number of carboxylic acids is 1. The van der Waals surface area contributed by atoms with Gasteiger partial charge in [0.25, 0.3) is 5.91 Å². The third kappa shape index (κ3) is 5.24. The Hall–Kier alpha value is -2.64. The van der Waals surface area contributed by atoms with Crippen LogP contribution in [0, 0.1) is 5.41 Å². The standard InChI is InChI=1S/C15H21N3O5/c1-8(14(22)23)17-13(21)11(15(2,3)4)18-12(20)9-5-6-10(19)16-7-9/h5-8,11H,1-4H3,(H,16,19)(H,17,21)(H,18,20)(H,22,23)/t8-,11+/m0/s1. The zero-order valence-electron chi connectivity index (χ0n) is 13.5. The van der Waals surface area contributed by atoms with Gasteiger partial charge in [-0.1, -0.05) is 20.8 Å². The van der Waals surface area contributed by atoms with Gasteiger partial charge in [0.1, 0.15) is 12.1 Å². The molecule has 4 N–H and O–H groups in total. The maximum atomic E-state index is 12.3. The maximum Gasteiger partial charge on any atom is 0.325 e. The van der Waals surface area contributed by atoms with Crippen LogP contribution < -0.4 is 16.2 Å². The Morgan fingerprint density at radius 1 is 1.17 bits per heavy atom. The van der Waals surface area contributed by atoms with Crippen molar-refractivity contribution in [2.75, 3.05) is 0 Å². The average Bonchev–Trinajstić information content (AvgIpc) is 2.43. The lowest BCUT2D eigenvalue weighted by atomic mass is 9.85. The molecule has 0 saturated heterocycles. The number of carboxylic acid groups (broad SMARTS) is 1. The second-order valence-corrected chi connectivity index (χ2v) is 6.28. The van der Waals surface area contributed by atoms with E-state index in [1.165, 1.54) is 25.3 Å². The zero-order chi connectivity index (χ0) is 17.8. The van der Waals surface area contributed by atoms with Gasteiger partial charge in [-0.05, 0) is 18.4 Å². The van der Waals surface area contributed by atoms with E-state index < -0.39 is 35.3 Å². The van der Waals surface area contributed by atoms with E-state index in [1.807, 2.05) is 0 Å². The van der Waals surface area contributed by atoms with Crippen LogP contribution in [0.5, 0.6) is 0 Å². The number of carbonyl (C=O) groups is 3. The molecule has 0 aliphatic carbocycles. The van der Waals surface area contributed by atoms with E-state index >= 15 is 0 Å². The fourth-order valence-corrected chi connectivity index (χ4v) is 1.80. The molecule has 126 valence electrons. The van der Waals surface area contributed by atoms with E-state index in [0.29, 0.717) is 0 Å². The van der Waals surface area contributed by atoms with Gasteiger partial charge in [-0.15, -0.1) is 0 Å². The molecule has 0 fully saturated rings. The summed E-state index contributed by atoms with van der Waals surface area (Å²) in [6.45, 7) is 6.57. The van der Waals surface area contributed by atoms with E-state index in [9.17, 15) is 19.2 Å². The number of hydrogen-bond donors (Lipinski definition) is 4. The molecule has 0 radical (unpaired) electrons. The molecule has 2 amide bonds. The van der Waals surface area contributed by atoms with Gasteiger partial charge in [-0.3, -0.25) is 19.2 Å². The lowest BCUT2D eigenvalue weighted by Gasteiger charge is -2.31. The van der Waals surface area contributed by atoms with E-state index in [2.05, 4.69) is 15.6 Å². The first-order valence-corrected chi connectivity index (χ1v) is 7.05. The van der Waals surface area contributed by atoms with Crippen molar-refractivity contribution in [3.8, 4) is 0 Å². The number of hydrogen-bond acceptors (Lipinski definition) is 4. The van der Waals surface area contributed by atoms with Gasteiger partial charge in [0.05, 0.1) is 5.56 Å². The highest BCUT2D eigenvalue weighted by molar-refractivity contribution is 5.98. The summed E-state index contributed by atoms with van der Waals surface area (Å²) in [5.41, 5.74) is -0.792. The first-order valence-electron chi connectivity index (χ1n) is 7.05. The summed E-state index contributed by atoms with van der Waals surface area (Å²) in [5, 5.41) is 13.8. The van der Waals surface area contributed by atoms with E-state index in [4.69, 9.17) is 5.11 Å². The van der Waals surface area contributed by atoms with Crippen LogP contribution in [-0.4, -0.2) is 40.0 Å². The zero-order valence-corrected chi connectivity index (χ0v) is 13.5. The SMILES string of the molecule is C[C@H](NC(=O)[C@@H](NC(=O)c1ccc(=O)[nH]c1)C(C)(C)C)C(=O)O. The molecule has 0 spiro atoms. The summed E-state index contributed by atoms with van der Waals surface area (Å²) in [4.78, 5) is 48.7. The normalized spacial score (nSPS) is 13.7. The highest BCUT2D eigenvalue weighted by Crippen LogP contribution is 2.20. The van der Waals surface area contributed by atoms with Gasteiger partial charge in [0, 0.05) is 12.3 Å². The van der Waals surface area contributed by atoms with Crippen molar-refractivity contribution in [2.45, 2.75) is 39.8 Å². The molecule has 0 aromatic carbocycles. The molecule has 2 atom stereocenters. The smallest absolute Gasteiger partial charge is 0.325 e. The number of aromatic nitrogens is 1. The fourth-order valence-electron chi connectivity index (χ4n) is 1.80. The monoisotopic (exact) mass is 323 g/mol. The number of nitrogens with one attached hydrogen (secondary N) is 3. The Bertz CT molecular complexity index is 639. The van der Waals surface area contributed by atoms with Gasteiger partial charge >= 0.3 is 5.97 Å². The predicted octanol–water partition coefficient (Wildman–Crippen LogP) is 0.109. The molecule has 1 aromatic rings. The molecule has 0 aliphatic rings. The Morgan fingerprint density at radius 2 is 1.78 bits per heavy atom. The fraction of sp³-hybridized carbons (Fsp3) is 0.467. The number of pyridine rings is 1. The molecule has 0 unspecified atom stereocenters. The molecule has 1 rings (SSSR count). The lowest BCUT2D eigenvalue weighted by molar-refractivity contribution is -0.142. The lowest BCUT2D eigenvalue weighted by Crippen LogP contribution is -2.56. The molecule has 0 saturated carbocycles. The summed E-state index contributed by atoms with van der Waals surface area (Å²) >= 11 is 0. The molecule has 8 heteroatoms. The highest BCUT2D eigenvalue weighted by Gasteiger charge is 2.34. The highest BCUT2D eigenvalue weighted by atomic mass is 16.4. The molecule has 1 aromatic heterocycles. The minimum absolute atomic E-state index is 0.193. The molecule has 8 nitrogen and oxygen atoms in total. The second-order valence-electron chi connectivity index (χ2n) is 6.28. The van der Waals surface area contributed by atoms with Crippen molar-refractivity contribution >= 4 is 17.8 Å². The van der Waals surface area contributed by atoms with Crippen molar-refractivity contribution in [3.05, 3.63) is 34.2 Å². The molecule has 23 heavy (non-hydrogen) atoms. The number of carbonyl (C=O) groups excluding carboxylic acids is 2.